The molecule has 0 spiro atoms. The molecule has 1 aliphatic rings. The number of carbonyl (C=O) groups excluding carboxylic acids is 1. The normalized spacial score (nSPS) is 15.2. The highest BCUT2D eigenvalue weighted by Crippen LogP contribution is 2.41. The topological polar surface area (TPSA) is 51.1 Å². The molecule has 7 heteroatoms. The van der Waals surface area contributed by atoms with Crippen molar-refractivity contribution in [3.05, 3.63) is 123 Å². The summed E-state index contributed by atoms with van der Waals surface area (Å²) in [4.78, 5) is 20.7. The van der Waals surface area contributed by atoms with Crippen molar-refractivity contribution in [1.29, 1.82) is 0 Å². The van der Waals surface area contributed by atoms with E-state index in [0.717, 1.165) is 33.6 Å². The van der Waals surface area contributed by atoms with Crippen LogP contribution in [0.2, 0.25) is 5.02 Å². The fraction of sp³-hybridized carbons (Fsp3) is 0.152. The van der Waals surface area contributed by atoms with E-state index in [1.165, 1.54) is 17.3 Å². The van der Waals surface area contributed by atoms with Crippen LogP contribution in [0.15, 0.2) is 94.8 Å². The van der Waals surface area contributed by atoms with Crippen LogP contribution in [0.4, 0.5) is 11.4 Å². The molecular weight excluding hydrogens is 540 g/mol. The molecule has 4 aromatic carbocycles. The first-order chi connectivity index (χ1) is 19.3. The Morgan fingerprint density at radius 2 is 1.48 bits per heavy atom. The van der Waals surface area contributed by atoms with Crippen molar-refractivity contribution < 1.29 is 14.3 Å². The van der Waals surface area contributed by atoms with Gasteiger partial charge in [0.1, 0.15) is 6.61 Å². The van der Waals surface area contributed by atoms with E-state index in [4.69, 9.17) is 26.1 Å². The molecular formula is C33H29ClN2O3S. The lowest BCUT2D eigenvalue weighted by atomic mass is 10.1. The molecule has 202 valence electrons. The largest absolute Gasteiger partial charge is 0.493 e. The van der Waals surface area contributed by atoms with Gasteiger partial charge in [-0.2, -0.15) is 0 Å². The lowest BCUT2D eigenvalue weighted by Crippen LogP contribution is -2.28. The Kier molecular flexibility index (Phi) is 8.29. The van der Waals surface area contributed by atoms with Gasteiger partial charge in [0.05, 0.1) is 28.4 Å². The number of nitrogens with zero attached hydrogens (tertiary/aromatic N) is 2. The van der Waals surface area contributed by atoms with Crippen LogP contribution < -0.4 is 14.4 Å². The van der Waals surface area contributed by atoms with Crippen LogP contribution in [0.1, 0.15) is 27.8 Å². The van der Waals surface area contributed by atoms with E-state index in [2.05, 4.69) is 0 Å². The van der Waals surface area contributed by atoms with E-state index in [1.54, 1.807) is 18.1 Å². The number of carbonyl (C=O) groups is 1. The van der Waals surface area contributed by atoms with Gasteiger partial charge < -0.3 is 9.47 Å². The van der Waals surface area contributed by atoms with Crippen LogP contribution in [-0.2, 0) is 11.4 Å². The summed E-state index contributed by atoms with van der Waals surface area (Å²) in [6.45, 7) is 6.45. The smallest absolute Gasteiger partial charge is 0.271 e. The van der Waals surface area contributed by atoms with Gasteiger partial charge in [0, 0.05) is 0 Å². The van der Waals surface area contributed by atoms with Crippen LogP contribution in [-0.4, -0.2) is 18.2 Å². The Labute approximate surface area is 244 Å². The first-order valence-corrected chi connectivity index (χ1v) is 14.0. The van der Waals surface area contributed by atoms with E-state index < -0.39 is 0 Å². The minimum absolute atomic E-state index is 0.158. The number of rotatable bonds is 7. The van der Waals surface area contributed by atoms with Gasteiger partial charge in [0.15, 0.2) is 16.7 Å². The van der Waals surface area contributed by atoms with Crippen molar-refractivity contribution in [3.8, 4) is 11.5 Å². The summed E-state index contributed by atoms with van der Waals surface area (Å²) >= 11 is 7.98. The number of thioether (sulfide) groups is 1. The maximum Gasteiger partial charge on any atom is 0.271 e. The van der Waals surface area contributed by atoms with Gasteiger partial charge in [-0.1, -0.05) is 76.8 Å². The molecule has 1 saturated heterocycles. The van der Waals surface area contributed by atoms with Crippen LogP contribution in [0.25, 0.3) is 6.08 Å². The monoisotopic (exact) mass is 568 g/mol. The van der Waals surface area contributed by atoms with Gasteiger partial charge in [0.25, 0.3) is 5.91 Å². The van der Waals surface area contributed by atoms with Gasteiger partial charge in [-0.15, -0.1) is 0 Å². The average Bonchev–Trinajstić information content (AvgIpc) is 3.24. The van der Waals surface area contributed by atoms with Crippen molar-refractivity contribution in [2.45, 2.75) is 27.4 Å². The fourth-order valence-corrected chi connectivity index (χ4v) is 5.43. The maximum atomic E-state index is 13.7. The number of aliphatic imine (C=N–C) groups is 1. The van der Waals surface area contributed by atoms with Crippen molar-refractivity contribution in [3.63, 3.8) is 0 Å². The number of methoxy groups -OCH3 is 1. The number of ether oxygens (including phenoxy) is 2. The fourth-order valence-electron chi connectivity index (χ4n) is 4.15. The maximum absolute atomic E-state index is 13.7. The van der Waals surface area contributed by atoms with Gasteiger partial charge in [0.2, 0.25) is 0 Å². The second-order valence-corrected chi connectivity index (χ2v) is 11.0. The van der Waals surface area contributed by atoms with Gasteiger partial charge in [-0.05, 0) is 86.1 Å². The first-order valence-electron chi connectivity index (χ1n) is 12.8. The number of anilines is 1. The molecule has 5 rings (SSSR count). The van der Waals surface area contributed by atoms with Gasteiger partial charge in [-0.25, -0.2) is 4.99 Å². The van der Waals surface area contributed by atoms with E-state index >= 15 is 0 Å². The third kappa shape index (κ3) is 6.24. The molecule has 1 amide bonds. The van der Waals surface area contributed by atoms with Crippen LogP contribution in [0.5, 0.6) is 11.5 Å². The molecule has 5 nitrogen and oxygen atoms in total. The summed E-state index contributed by atoms with van der Waals surface area (Å²) in [5, 5.41) is 0.984. The lowest BCUT2D eigenvalue weighted by molar-refractivity contribution is -0.113. The summed E-state index contributed by atoms with van der Waals surface area (Å²) in [6, 6.07) is 27.5. The van der Waals surface area contributed by atoms with Crippen LogP contribution in [0, 0.1) is 20.8 Å². The summed E-state index contributed by atoms with van der Waals surface area (Å²) in [7, 11) is 1.57. The Hall–Kier alpha value is -4.00. The Balaban J connectivity index is 1.46. The summed E-state index contributed by atoms with van der Waals surface area (Å²) in [5.74, 6) is 0.792. The zero-order chi connectivity index (χ0) is 28.2. The molecule has 0 unspecified atom stereocenters. The minimum Gasteiger partial charge on any atom is -0.493 e. The molecule has 4 aromatic rings. The lowest BCUT2D eigenvalue weighted by Gasteiger charge is -2.16. The van der Waals surface area contributed by atoms with E-state index in [0.29, 0.717) is 33.2 Å². The Morgan fingerprint density at radius 3 is 2.10 bits per heavy atom. The Morgan fingerprint density at radius 1 is 0.875 bits per heavy atom. The number of amidine groups is 1. The van der Waals surface area contributed by atoms with Gasteiger partial charge in [-0.3, -0.25) is 9.69 Å². The second kappa shape index (κ2) is 12.0. The average molecular weight is 569 g/mol. The Bertz CT molecular complexity index is 1600. The van der Waals surface area contributed by atoms with E-state index in [1.807, 2.05) is 106 Å². The summed E-state index contributed by atoms with van der Waals surface area (Å²) < 4.78 is 11.6. The van der Waals surface area contributed by atoms with Crippen molar-refractivity contribution in [1.82, 2.24) is 0 Å². The zero-order valence-corrected chi connectivity index (χ0v) is 24.3. The highest BCUT2D eigenvalue weighted by Gasteiger charge is 2.35. The molecule has 0 bridgehead atoms. The van der Waals surface area contributed by atoms with Crippen LogP contribution in [0.3, 0.4) is 0 Å². The molecule has 1 fully saturated rings. The summed E-state index contributed by atoms with van der Waals surface area (Å²) in [6.07, 6.45) is 1.81. The minimum atomic E-state index is -0.158. The first kappa shape index (κ1) is 27.6. The molecule has 0 atom stereocenters. The van der Waals surface area contributed by atoms with E-state index in [9.17, 15) is 4.79 Å². The molecule has 0 aliphatic carbocycles. The molecule has 0 aromatic heterocycles. The molecule has 40 heavy (non-hydrogen) atoms. The predicted octanol–water partition coefficient (Wildman–Crippen LogP) is 8.66. The SMILES string of the molecule is COc1cc(/C=C2\SC(=Nc3ccc(C)cc3)N(c3ccc(C)cc3)C2=O)cc(Cl)c1OCc1ccc(C)cc1. The quantitative estimate of drug-likeness (QED) is 0.209. The van der Waals surface area contributed by atoms with Crippen molar-refractivity contribution in [2.75, 3.05) is 12.0 Å². The van der Waals surface area contributed by atoms with Gasteiger partial charge >= 0.3 is 0 Å². The second-order valence-electron chi connectivity index (χ2n) is 9.63. The standard InChI is InChI=1S/C33H29ClN2O3S/c1-21-5-11-24(12-6-21)20-39-31-28(34)17-25(18-29(31)38-4)19-30-32(37)36(27-15-9-23(3)10-16-27)33(40-30)35-26-13-7-22(2)8-14-26/h5-19H,20H2,1-4H3/b30-19-,35-33?. The number of benzene rings is 4. The van der Waals surface area contributed by atoms with Crippen molar-refractivity contribution in [2.24, 2.45) is 4.99 Å². The molecule has 1 heterocycles. The number of aryl methyl sites for hydroxylation is 3. The van der Waals surface area contributed by atoms with Crippen molar-refractivity contribution >= 4 is 51.9 Å². The highest BCUT2D eigenvalue weighted by molar-refractivity contribution is 8.19. The number of halogens is 1. The molecule has 0 saturated carbocycles. The molecule has 0 N–H and O–H groups in total. The molecule has 1 aliphatic heterocycles. The van der Waals surface area contributed by atoms with Crippen LogP contribution >= 0.6 is 23.4 Å². The number of hydrogen-bond donors (Lipinski definition) is 0. The molecule has 0 radical (unpaired) electrons. The number of amides is 1. The third-order valence-corrected chi connectivity index (χ3v) is 7.66. The highest BCUT2D eigenvalue weighted by atomic mass is 35.5. The zero-order valence-electron chi connectivity index (χ0n) is 22.8. The number of hydrogen-bond acceptors (Lipinski definition) is 5. The van der Waals surface area contributed by atoms with E-state index in [-0.39, 0.29) is 5.91 Å². The summed E-state index contributed by atoms with van der Waals surface area (Å²) in [5.41, 5.74) is 6.73. The predicted molar refractivity (Wildman–Crippen MR) is 166 cm³/mol. The third-order valence-electron chi connectivity index (χ3n) is 6.41.